The molecule has 2 rings (SSSR count). The fourth-order valence-electron chi connectivity index (χ4n) is 3.75. The van der Waals surface area contributed by atoms with Gasteiger partial charge in [0.2, 0.25) is 0 Å². The monoisotopic (exact) mass is 224 g/mol. The van der Waals surface area contributed by atoms with E-state index in [2.05, 4.69) is 13.8 Å². The molecule has 0 unspecified atom stereocenters. The Morgan fingerprint density at radius 2 is 1.44 bits per heavy atom. The normalized spacial score (nSPS) is 33.2. The summed E-state index contributed by atoms with van der Waals surface area (Å²) in [5.74, 6) is 1.87. The summed E-state index contributed by atoms with van der Waals surface area (Å²) in [5.41, 5.74) is 0. The zero-order valence-electron chi connectivity index (χ0n) is 11.1. The van der Waals surface area contributed by atoms with Gasteiger partial charge in [0, 0.05) is 0 Å². The first-order chi connectivity index (χ1) is 7.77. The van der Waals surface area contributed by atoms with Crippen LogP contribution in [0.2, 0.25) is 0 Å². The van der Waals surface area contributed by atoms with Crippen LogP contribution in [0.25, 0.3) is 0 Å². The molecule has 1 heteroatoms. The lowest BCUT2D eigenvalue weighted by Crippen LogP contribution is -2.35. The van der Waals surface area contributed by atoms with Gasteiger partial charge in [-0.1, -0.05) is 44.9 Å². The van der Waals surface area contributed by atoms with Crippen LogP contribution in [0.5, 0.6) is 0 Å². The first-order valence-corrected chi connectivity index (χ1v) is 7.43. The van der Waals surface area contributed by atoms with Crippen LogP contribution in [0, 0.1) is 11.8 Å². The maximum absolute atomic E-state index is 6.16. The van der Waals surface area contributed by atoms with E-state index in [1.165, 1.54) is 57.8 Å². The van der Waals surface area contributed by atoms with E-state index in [0.29, 0.717) is 12.2 Å². The minimum Gasteiger partial charge on any atom is -0.375 e. The van der Waals surface area contributed by atoms with Crippen LogP contribution in [0.15, 0.2) is 0 Å². The van der Waals surface area contributed by atoms with Gasteiger partial charge in [0.25, 0.3) is 0 Å². The number of hydrogen-bond acceptors (Lipinski definition) is 1. The molecule has 0 heterocycles. The van der Waals surface area contributed by atoms with Crippen LogP contribution in [-0.2, 0) is 4.74 Å². The number of ether oxygens (including phenoxy) is 1. The fourth-order valence-corrected chi connectivity index (χ4v) is 3.75. The summed E-state index contributed by atoms with van der Waals surface area (Å²) >= 11 is 0. The van der Waals surface area contributed by atoms with Crippen molar-refractivity contribution < 1.29 is 4.74 Å². The molecular formula is C15H28O. The lowest BCUT2D eigenvalue weighted by atomic mass is 9.72. The van der Waals surface area contributed by atoms with E-state index in [0.717, 1.165) is 11.8 Å². The minimum atomic E-state index is 0.411. The summed E-state index contributed by atoms with van der Waals surface area (Å²) in [6.45, 7) is 4.37. The van der Waals surface area contributed by atoms with Crippen LogP contribution in [-0.4, -0.2) is 12.2 Å². The van der Waals surface area contributed by atoms with Gasteiger partial charge < -0.3 is 4.74 Å². The predicted molar refractivity (Wildman–Crippen MR) is 68.5 cm³/mol. The summed E-state index contributed by atoms with van der Waals surface area (Å²) in [7, 11) is 0. The van der Waals surface area contributed by atoms with Crippen LogP contribution < -0.4 is 0 Å². The molecule has 0 aromatic carbocycles. The second-order valence-electron chi connectivity index (χ2n) is 6.07. The van der Waals surface area contributed by atoms with Crippen LogP contribution in [0.4, 0.5) is 0 Å². The lowest BCUT2D eigenvalue weighted by Gasteiger charge is -2.39. The molecule has 2 atom stereocenters. The van der Waals surface area contributed by atoms with E-state index in [-0.39, 0.29) is 0 Å². The molecule has 0 radical (unpaired) electrons. The standard InChI is InChI=1S/C15H28O/c1-12(2)16-15-11-7-6-10-14(15)13-8-4-3-5-9-13/h12-15H,3-11H2,1-2H3/t14-,15+/m0/s1. The highest BCUT2D eigenvalue weighted by atomic mass is 16.5. The third-order valence-electron chi connectivity index (χ3n) is 4.46. The molecule has 16 heavy (non-hydrogen) atoms. The molecule has 0 saturated heterocycles. The van der Waals surface area contributed by atoms with Crippen molar-refractivity contribution in [3.8, 4) is 0 Å². The van der Waals surface area contributed by atoms with Gasteiger partial charge in [-0.25, -0.2) is 0 Å². The molecule has 2 aliphatic rings. The highest BCUT2D eigenvalue weighted by Gasteiger charge is 2.33. The summed E-state index contributed by atoms with van der Waals surface area (Å²) in [6.07, 6.45) is 13.9. The van der Waals surface area contributed by atoms with Gasteiger partial charge in [-0.3, -0.25) is 0 Å². The predicted octanol–water partition coefficient (Wildman–Crippen LogP) is 4.55. The molecule has 2 aliphatic carbocycles. The fraction of sp³-hybridized carbons (Fsp3) is 1.00. The zero-order valence-corrected chi connectivity index (χ0v) is 11.1. The van der Waals surface area contributed by atoms with E-state index in [1.807, 2.05) is 0 Å². The Labute approximate surface area is 101 Å². The number of rotatable bonds is 3. The Hall–Kier alpha value is -0.0400. The SMILES string of the molecule is CC(C)O[C@@H]1CCCC[C@H]1C1CCCCC1. The van der Waals surface area contributed by atoms with Crippen molar-refractivity contribution in [2.24, 2.45) is 11.8 Å². The Kier molecular flexibility index (Phi) is 4.69. The Morgan fingerprint density at radius 3 is 2.12 bits per heavy atom. The topological polar surface area (TPSA) is 9.23 Å². The van der Waals surface area contributed by atoms with Gasteiger partial charge in [-0.2, -0.15) is 0 Å². The average Bonchev–Trinajstić information content (AvgIpc) is 2.30. The molecule has 0 N–H and O–H groups in total. The van der Waals surface area contributed by atoms with Crippen molar-refractivity contribution in [2.75, 3.05) is 0 Å². The molecule has 0 spiro atoms. The summed E-state index contributed by atoms with van der Waals surface area (Å²) in [4.78, 5) is 0. The third-order valence-corrected chi connectivity index (χ3v) is 4.46. The first kappa shape index (κ1) is 12.4. The second kappa shape index (κ2) is 6.05. The summed E-state index contributed by atoms with van der Waals surface area (Å²) in [6, 6.07) is 0. The van der Waals surface area contributed by atoms with Gasteiger partial charge >= 0.3 is 0 Å². The van der Waals surface area contributed by atoms with Crippen molar-refractivity contribution >= 4 is 0 Å². The Bertz CT molecular complexity index is 194. The second-order valence-corrected chi connectivity index (χ2v) is 6.07. The molecule has 94 valence electrons. The summed E-state index contributed by atoms with van der Waals surface area (Å²) in [5, 5.41) is 0. The minimum absolute atomic E-state index is 0.411. The molecule has 0 aromatic heterocycles. The van der Waals surface area contributed by atoms with E-state index in [9.17, 15) is 0 Å². The Morgan fingerprint density at radius 1 is 0.812 bits per heavy atom. The van der Waals surface area contributed by atoms with Crippen molar-refractivity contribution in [3.63, 3.8) is 0 Å². The molecule has 0 aliphatic heterocycles. The largest absolute Gasteiger partial charge is 0.375 e. The van der Waals surface area contributed by atoms with E-state index < -0.39 is 0 Å². The molecule has 2 fully saturated rings. The highest BCUT2D eigenvalue weighted by Crippen LogP contribution is 2.39. The van der Waals surface area contributed by atoms with Crippen LogP contribution >= 0.6 is 0 Å². The van der Waals surface area contributed by atoms with Crippen LogP contribution in [0.3, 0.4) is 0 Å². The Balaban J connectivity index is 1.92. The maximum Gasteiger partial charge on any atom is 0.0609 e. The highest BCUT2D eigenvalue weighted by molar-refractivity contribution is 4.83. The third kappa shape index (κ3) is 3.23. The lowest BCUT2D eigenvalue weighted by molar-refractivity contribution is -0.0654. The van der Waals surface area contributed by atoms with Crippen molar-refractivity contribution in [1.29, 1.82) is 0 Å². The van der Waals surface area contributed by atoms with Crippen LogP contribution in [0.1, 0.15) is 71.6 Å². The van der Waals surface area contributed by atoms with Gasteiger partial charge in [-0.05, 0) is 38.5 Å². The average molecular weight is 224 g/mol. The van der Waals surface area contributed by atoms with Gasteiger partial charge in [0.05, 0.1) is 12.2 Å². The van der Waals surface area contributed by atoms with E-state index in [1.54, 1.807) is 0 Å². The van der Waals surface area contributed by atoms with Crippen molar-refractivity contribution in [3.05, 3.63) is 0 Å². The quantitative estimate of drug-likeness (QED) is 0.683. The molecule has 2 saturated carbocycles. The number of hydrogen-bond donors (Lipinski definition) is 0. The molecule has 0 bridgehead atoms. The van der Waals surface area contributed by atoms with Gasteiger partial charge in [-0.15, -0.1) is 0 Å². The van der Waals surface area contributed by atoms with Crippen molar-refractivity contribution in [1.82, 2.24) is 0 Å². The van der Waals surface area contributed by atoms with E-state index >= 15 is 0 Å². The molecule has 0 amide bonds. The maximum atomic E-state index is 6.16. The summed E-state index contributed by atoms with van der Waals surface area (Å²) < 4.78 is 6.16. The molecular weight excluding hydrogens is 196 g/mol. The molecule has 1 nitrogen and oxygen atoms in total. The van der Waals surface area contributed by atoms with Gasteiger partial charge in [0.15, 0.2) is 0 Å². The van der Waals surface area contributed by atoms with Gasteiger partial charge in [0.1, 0.15) is 0 Å². The smallest absolute Gasteiger partial charge is 0.0609 e. The van der Waals surface area contributed by atoms with E-state index in [4.69, 9.17) is 4.74 Å². The van der Waals surface area contributed by atoms with Crippen molar-refractivity contribution in [2.45, 2.75) is 83.8 Å². The zero-order chi connectivity index (χ0) is 11.4. The first-order valence-electron chi connectivity index (χ1n) is 7.43. The molecule has 0 aromatic rings.